The van der Waals surface area contributed by atoms with Gasteiger partial charge in [-0.05, 0) is 87.2 Å². The van der Waals surface area contributed by atoms with Crippen molar-refractivity contribution in [3.05, 3.63) is 227 Å². The van der Waals surface area contributed by atoms with Gasteiger partial charge in [-0.25, -0.2) is 14.4 Å². The maximum Gasteiger partial charge on any atom is 0.408 e. The highest BCUT2D eigenvalue weighted by Crippen LogP contribution is 2.33. The molecule has 4 N–H and O–H groups in total. The van der Waals surface area contributed by atoms with Gasteiger partial charge in [0.05, 0.1) is 0 Å². The van der Waals surface area contributed by atoms with Gasteiger partial charge in [-0.15, -0.1) is 0 Å². The number of carbonyl (C=O) groups excluding carboxylic acids is 5. The van der Waals surface area contributed by atoms with E-state index in [0.29, 0.717) is 28.2 Å². The van der Waals surface area contributed by atoms with Crippen LogP contribution in [-0.4, -0.2) is 54.6 Å². The molecule has 378 valence electrons. The zero-order valence-electron chi connectivity index (χ0n) is 40.8. The Labute approximate surface area is 430 Å². The second-order valence-corrected chi connectivity index (χ2v) is 17.7. The molecule has 14 nitrogen and oxygen atoms in total. The summed E-state index contributed by atoms with van der Waals surface area (Å²) in [7, 11) is 0. The number of nitrogens with one attached hydrogen (secondary N) is 4. The summed E-state index contributed by atoms with van der Waals surface area (Å²) in [5, 5.41) is 11.2. The number of alkyl carbamates (subject to hydrolysis) is 2. The Morgan fingerprint density at radius 3 is 1.61 bits per heavy atom. The van der Waals surface area contributed by atoms with E-state index in [1.807, 2.05) is 188 Å². The van der Waals surface area contributed by atoms with Crippen molar-refractivity contribution in [2.24, 2.45) is 0 Å². The first-order valence-electron chi connectivity index (χ1n) is 24.5. The van der Waals surface area contributed by atoms with Crippen LogP contribution in [-0.2, 0) is 74.5 Å². The van der Waals surface area contributed by atoms with Gasteiger partial charge in [0.25, 0.3) is 0 Å². The van der Waals surface area contributed by atoms with Crippen LogP contribution < -0.4 is 30.7 Å². The Kier molecular flexibility index (Phi) is 18.4. The molecule has 4 bridgehead atoms. The van der Waals surface area contributed by atoms with Gasteiger partial charge >= 0.3 is 18.2 Å². The normalized spacial score (nSPS) is 15.4. The van der Waals surface area contributed by atoms with Crippen molar-refractivity contribution in [3.8, 4) is 22.6 Å². The standard InChI is InChI=1S/C60H58N4O10/c65-56-52(27-16-30-61-59(68)73-40-45-23-12-4-13-24-45)62-57(66)53(64-60(69)74-41-46-25-14-5-15-26-46)36-50-34-48(28-29-55(50)71-38-43-19-8-2-9-20-43)49-31-47(32-51(35-49)70-37-42-17-6-1-7-18-42)33-54(63-56)58(67)72-39-44-21-10-3-11-22-44/h1-15,17-26,28-29,31-32,34-35,52-54H,16,27,30,33,36-41H2,(H,61,68)(H,62,66)(H,63,65)(H,64,69)/t52-,53-,54-/m0/s1. The zero-order chi connectivity index (χ0) is 51.3. The molecule has 1 aliphatic heterocycles. The average molecular weight is 995 g/mol. The lowest BCUT2D eigenvalue weighted by Crippen LogP contribution is -2.56. The van der Waals surface area contributed by atoms with Crippen molar-refractivity contribution in [2.75, 3.05) is 6.54 Å². The number of hydrogen-bond donors (Lipinski definition) is 4. The molecule has 7 aromatic carbocycles. The molecule has 1 heterocycles. The number of benzene rings is 7. The smallest absolute Gasteiger partial charge is 0.408 e. The predicted octanol–water partition coefficient (Wildman–Crippen LogP) is 9.32. The SMILES string of the molecule is O=C(NCCC[C@@H]1NC(=O)[C@@H](NC(=O)OCc2ccccc2)Cc2cc(ccc2OCc2ccccc2)-c2cc(cc(OCc3ccccc3)c2)C[C@@H](C(=O)OCc2ccccc2)NC1=O)OCc1ccccc1. The van der Waals surface area contributed by atoms with Gasteiger partial charge in [-0.1, -0.05) is 164 Å². The quantitative estimate of drug-likeness (QED) is 0.0368. The third kappa shape index (κ3) is 15.8. The molecule has 0 saturated carbocycles. The molecular formula is C60H58N4O10. The molecule has 7 aromatic rings. The van der Waals surface area contributed by atoms with Crippen molar-refractivity contribution < 1.29 is 47.7 Å². The topological polar surface area (TPSA) is 180 Å². The number of hydrogen-bond acceptors (Lipinski definition) is 10. The molecule has 0 spiro atoms. The maximum atomic E-state index is 14.8. The monoisotopic (exact) mass is 994 g/mol. The molecule has 0 unspecified atom stereocenters. The number of esters is 1. The van der Waals surface area contributed by atoms with Gasteiger partial charge in [-0.2, -0.15) is 0 Å². The van der Waals surface area contributed by atoms with Gasteiger partial charge < -0.3 is 45.0 Å². The Hall–Kier alpha value is -8.91. The minimum Gasteiger partial charge on any atom is -0.489 e. The van der Waals surface area contributed by atoms with Gasteiger partial charge in [0.1, 0.15) is 62.7 Å². The molecular weight excluding hydrogens is 937 g/mol. The largest absolute Gasteiger partial charge is 0.489 e. The lowest BCUT2D eigenvalue weighted by molar-refractivity contribution is -0.149. The van der Waals surface area contributed by atoms with Crippen molar-refractivity contribution in [1.82, 2.24) is 21.3 Å². The molecule has 14 heteroatoms. The number of fused-ring (bicyclic) bond motifs is 5. The van der Waals surface area contributed by atoms with Crippen molar-refractivity contribution in [1.29, 1.82) is 0 Å². The van der Waals surface area contributed by atoms with Crippen LogP contribution >= 0.6 is 0 Å². The van der Waals surface area contributed by atoms with E-state index in [1.54, 1.807) is 0 Å². The van der Waals surface area contributed by atoms with Crippen molar-refractivity contribution in [3.63, 3.8) is 0 Å². The third-order valence-corrected chi connectivity index (χ3v) is 12.1. The van der Waals surface area contributed by atoms with Crippen LogP contribution in [0.3, 0.4) is 0 Å². The average Bonchev–Trinajstić information content (AvgIpc) is 3.44. The van der Waals surface area contributed by atoms with E-state index in [4.69, 9.17) is 23.7 Å². The van der Waals surface area contributed by atoms with Crippen LogP contribution in [0.5, 0.6) is 11.5 Å². The summed E-state index contributed by atoms with van der Waals surface area (Å²) in [6.45, 7) is 0.476. The molecule has 0 radical (unpaired) electrons. The molecule has 0 saturated heterocycles. The third-order valence-electron chi connectivity index (χ3n) is 12.1. The number of rotatable bonds is 18. The van der Waals surface area contributed by atoms with E-state index in [9.17, 15) is 24.0 Å². The Morgan fingerprint density at radius 2 is 1.03 bits per heavy atom. The minimum atomic E-state index is -1.32. The maximum absolute atomic E-state index is 14.8. The van der Waals surface area contributed by atoms with Gasteiger partial charge in [-0.3, -0.25) is 9.59 Å². The molecule has 1 aliphatic rings. The summed E-state index contributed by atoms with van der Waals surface area (Å²) in [5.41, 5.74) is 6.79. The Balaban J connectivity index is 1.15. The van der Waals surface area contributed by atoms with E-state index in [1.165, 1.54) is 0 Å². The zero-order valence-corrected chi connectivity index (χ0v) is 40.8. The van der Waals surface area contributed by atoms with E-state index >= 15 is 0 Å². The highest BCUT2D eigenvalue weighted by atomic mass is 16.6. The second-order valence-electron chi connectivity index (χ2n) is 17.7. The molecule has 3 atom stereocenters. The van der Waals surface area contributed by atoms with Gasteiger partial charge in [0.15, 0.2) is 0 Å². The van der Waals surface area contributed by atoms with Gasteiger partial charge in [0, 0.05) is 19.4 Å². The van der Waals surface area contributed by atoms with Crippen LogP contribution in [0, 0.1) is 0 Å². The van der Waals surface area contributed by atoms with E-state index < -0.39 is 48.1 Å². The van der Waals surface area contributed by atoms with E-state index in [2.05, 4.69) is 21.3 Å². The fourth-order valence-corrected chi connectivity index (χ4v) is 8.24. The van der Waals surface area contributed by atoms with Gasteiger partial charge in [0.2, 0.25) is 11.8 Å². The molecule has 74 heavy (non-hydrogen) atoms. The summed E-state index contributed by atoms with van der Waals surface area (Å²) < 4.78 is 29.7. The first-order chi connectivity index (χ1) is 36.2. The Morgan fingerprint density at radius 1 is 0.500 bits per heavy atom. The summed E-state index contributed by atoms with van der Waals surface area (Å²) in [6.07, 6.45) is -1.45. The van der Waals surface area contributed by atoms with Crippen LogP contribution in [0.2, 0.25) is 0 Å². The predicted molar refractivity (Wildman–Crippen MR) is 278 cm³/mol. The van der Waals surface area contributed by atoms with Crippen molar-refractivity contribution in [2.45, 2.75) is 76.8 Å². The highest BCUT2D eigenvalue weighted by Gasteiger charge is 2.32. The van der Waals surface area contributed by atoms with Crippen LogP contribution in [0.15, 0.2) is 188 Å². The summed E-state index contributed by atoms with van der Waals surface area (Å²) in [6, 6.07) is 54.3. The summed E-state index contributed by atoms with van der Waals surface area (Å²) in [4.78, 5) is 70.2. The van der Waals surface area contributed by atoms with Crippen molar-refractivity contribution >= 4 is 30.0 Å². The Bertz CT molecular complexity index is 2950. The number of carbonyl (C=O) groups is 5. The second kappa shape index (κ2) is 26.5. The lowest BCUT2D eigenvalue weighted by atomic mass is 9.95. The first-order valence-corrected chi connectivity index (χ1v) is 24.5. The molecule has 0 fully saturated rings. The van der Waals surface area contributed by atoms with Crippen LogP contribution in [0.4, 0.5) is 9.59 Å². The molecule has 4 amide bonds. The van der Waals surface area contributed by atoms with E-state index in [-0.39, 0.29) is 65.3 Å². The van der Waals surface area contributed by atoms with Crippen LogP contribution in [0.25, 0.3) is 11.1 Å². The molecule has 0 aromatic heterocycles. The lowest BCUT2D eigenvalue weighted by Gasteiger charge is -2.25. The van der Waals surface area contributed by atoms with E-state index in [0.717, 1.165) is 33.4 Å². The number of ether oxygens (including phenoxy) is 5. The number of amides is 4. The minimum absolute atomic E-state index is 0.00137. The van der Waals surface area contributed by atoms with Crippen LogP contribution in [0.1, 0.15) is 51.8 Å². The summed E-state index contributed by atoms with van der Waals surface area (Å²) >= 11 is 0. The fourth-order valence-electron chi connectivity index (χ4n) is 8.24. The molecule has 8 rings (SSSR count). The molecule has 0 aliphatic carbocycles. The summed E-state index contributed by atoms with van der Waals surface area (Å²) in [5.74, 6) is -1.16. The first kappa shape index (κ1) is 51.4. The highest BCUT2D eigenvalue weighted by molar-refractivity contribution is 5.93. The fraction of sp³-hybridized carbons (Fsp3) is 0.217.